The molecular formula is C15H23N3O4S. The molecule has 1 aromatic carbocycles. The molecule has 0 unspecified atom stereocenters. The summed E-state index contributed by atoms with van der Waals surface area (Å²) in [6, 6.07) is 6.38. The molecule has 0 radical (unpaired) electrons. The van der Waals surface area contributed by atoms with Gasteiger partial charge in [-0.1, -0.05) is 24.6 Å². The monoisotopic (exact) mass is 341 g/mol. The number of amides is 2. The Labute approximate surface area is 137 Å². The zero-order valence-electron chi connectivity index (χ0n) is 13.6. The number of sulfonamides is 1. The highest BCUT2D eigenvalue weighted by Gasteiger charge is 2.22. The van der Waals surface area contributed by atoms with E-state index in [1.165, 1.54) is 19.2 Å². The number of hydrogen-bond donors (Lipinski definition) is 2. The summed E-state index contributed by atoms with van der Waals surface area (Å²) in [4.78, 5) is 23.3. The Morgan fingerprint density at radius 2 is 1.70 bits per heavy atom. The van der Waals surface area contributed by atoms with Crippen LogP contribution in [-0.2, 0) is 19.6 Å². The average molecular weight is 341 g/mol. The fourth-order valence-electron chi connectivity index (χ4n) is 1.74. The maximum atomic E-state index is 12.3. The van der Waals surface area contributed by atoms with Gasteiger partial charge >= 0.3 is 0 Å². The molecule has 7 nitrogen and oxygen atoms in total. The Hall–Kier alpha value is -1.93. The molecule has 0 spiro atoms. The second-order valence-corrected chi connectivity index (χ2v) is 7.25. The van der Waals surface area contributed by atoms with E-state index >= 15 is 0 Å². The smallest absolute Gasteiger partial charge is 0.243 e. The van der Waals surface area contributed by atoms with Crippen molar-refractivity contribution in [2.45, 2.75) is 25.2 Å². The maximum absolute atomic E-state index is 12.3. The molecule has 0 bridgehead atoms. The fraction of sp³-hybridized carbons (Fsp3) is 0.467. The molecule has 128 valence electrons. The largest absolute Gasteiger partial charge is 0.355 e. The van der Waals surface area contributed by atoms with E-state index in [2.05, 4.69) is 10.6 Å². The molecule has 0 saturated heterocycles. The van der Waals surface area contributed by atoms with Crippen molar-refractivity contribution in [2.24, 2.45) is 0 Å². The van der Waals surface area contributed by atoms with Gasteiger partial charge in [0.15, 0.2) is 0 Å². The van der Waals surface area contributed by atoms with Gasteiger partial charge in [0.25, 0.3) is 0 Å². The number of likely N-dealkylation sites (N-methyl/N-ethyl adjacent to an activating group) is 1. The van der Waals surface area contributed by atoms with Crippen LogP contribution in [0.5, 0.6) is 0 Å². The molecule has 0 aliphatic rings. The highest BCUT2D eigenvalue weighted by atomic mass is 32.2. The van der Waals surface area contributed by atoms with Gasteiger partial charge in [0.1, 0.15) is 0 Å². The second kappa shape index (κ2) is 8.64. The molecule has 2 N–H and O–H groups in total. The van der Waals surface area contributed by atoms with Crippen LogP contribution in [0.15, 0.2) is 29.2 Å². The van der Waals surface area contributed by atoms with Gasteiger partial charge in [0.2, 0.25) is 21.8 Å². The summed E-state index contributed by atoms with van der Waals surface area (Å²) in [5, 5.41) is 5.01. The predicted octanol–water partition coefficient (Wildman–Crippen LogP) is 0.258. The first kappa shape index (κ1) is 19.1. The lowest BCUT2D eigenvalue weighted by atomic mass is 10.2. The van der Waals surface area contributed by atoms with Crippen molar-refractivity contribution in [3.8, 4) is 0 Å². The van der Waals surface area contributed by atoms with Crippen LogP contribution in [0.4, 0.5) is 0 Å². The third kappa shape index (κ3) is 5.99. The molecule has 0 aliphatic carbocycles. The van der Waals surface area contributed by atoms with Gasteiger partial charge in [-0.3, -0.25) is 9.59 Å². The van der Waals surface area contributed by atoms with Crippen LogP contribution in [0.2, 0.25) is 0 Å². The quantitative estimate of drug-likeness (QED) is 0.709. The molecule has 1 rings (SSSR count). The Morgan fingerprint density at radius 3 is 2.26 bits per heavy atom. The molecule has 1 aromatic rings. The molecule has 23 heavy (non-hydrogen) atoms. The first-order chi connectivity index (χ1) is 10.8. The van der Waals surface area contributed by atoms with E-state index in [-0.39, 0.29) is 23.9 Å². The van der Waals surface area contributed by atoms with Crippen LogP contribution in [-0.4, -0.2) is 51.2 Å². The van der Waals surface area contributed by atoms with Gasteiger partial charge in [0, 0.05) is 13.6 Å². The second-order valence-electron chi connectivity index (χ2n) is 5.20. The lowest BCUT2D eigenvalue weighted by molar-refractivity contribution is -0.126. The van der Waals surface area contributed by atoms with Crippen molar-refractivity contribution in [3.63, 3.8) is 0 Å². The Kier molecular flexibility index (Phi) is 7.18. The van der Waals surface area contributed by atoms with Gasteiger partial charge in [-0.05, 0) is 25.5 Å². The van der Waals surface area contributed by atoms with Crippen molar-refractivity contribution in [1.82, 2.24) is 14.9 Å². The van der Waals surface area contributed by atoms with E-state index in [4.69, 9.17) is 0 Å². The van der Waals surface area contributed by atoms with E-state index < -0.39 is 15.9 Å². The third-order valence-corrected chi connectivity index (χ3v) is 4.93. The van der Waals surface area contributed by atoms with E-state index in [1.807, 2.05) is 13.8 Å². The summed E-state index contributed by atoms with van der Waals surface area (Å²) < 4.78 is 25.6. The summed E-state index contributed by atoms with van der Waals surface area (Å²) in [6.07, 6.45) is 0.803. The number of carbonyl (C=O) groups excluding carboxylic acids is 2. The van der Waals surface area contributed by atoms with Crippen LogP contribution in [0, 0.1) is 6.92 Å². The minimum atomic E-state index is -3.73. The zero-order valence-corrected chi connectivity index (χ0v) is 14.4. The third-order valence-electron chi connectivity index (χ3n) is 3.11. The normalized spacial score (nSPS) is 11.3. The summed E-state index contributed by atoms with van der Waals surface area (Å²) in [5.74, 6) is -0.834. The van der Waals surface area contributed by atoms with Gasteiger partial charge in [-0.2, -0.15) is 4.31 Å². The summed E-state index contributed by atoms with van der Waals surface area (Å²) in [7, 11) is -2.41. The van der Waals surface area contributed by atoms with Crippen LogP contribution >= 0.6 is 0 Å². The van der Waals surface area contributed by atoms with Gasteiger partial charge < -0.3 is 10.6 Å². The number of aryl methyl sites for hydroxylation is 1. The molecule has 0 aliphatic heterocycles. The topological polar surface area (TPSA) is 95.6 Å². The first-order valence-corrected chi connectivity index (χ1v) is 8.77. The number of carbonyl (C=O) groups is 2. The molecule has 0 atom stereocenters. The molecule has 0 aromatic heterocycles. The maximum Gasteiger partial charge on any atom is 0.243 e. The van der Waals surface area contributed by atoms with Crippen LogP contribution < -0.4 is 10.6 Å². The van der Waals surface area contributed by atoms with Crippen molar-refractivity contribution in [1.29, 1.82) is 0 Å². The van der Waals surface area contributed by atoms with Crippen molar-refractivity contribution in [3.05, 3.63) is 29.8 Å². The zero-order chi connectivity index (χ0) is 17.5. The predicted molar refractivity (Wildman–Crippen MR) is 87.3 cm³/mol. The molecule has 0 heterocycles. The summed E-state index contributed by atoms with van der Waals surface area (Å²) in [6.45, 7) is 3.80. The summed E-state index contributed by atoms with van der Waals surface area (Å²) >= 11 is 0. The Bertz CT molecular complexity index is 641. The van der Waals surface area contributed by atoms with Crippen molar-refractivity contribution >= 4 is 21.8 Å². The average Bonchev–Trinajstić information content (AvgIpc) is 2.51. The van der Waals surface area contributed by atoms with Gasteiger partial charge in [-0.25, -0.2) is 8.42 Å². The minimum absolute atomic E-state index is 0.124. The Morgan fingerprint density at radius 1 is 1.09 bits per heavy atom. The minimum Gasteiger partial charge on any atom is -0.355 e. The lowest BCUT2D eigenvalue weighted by Crippen LogP contribution is -2.42. The lowest BCUT2D eigenvalue weighted by Gasteiger charge is -2.17. The van der Waals surface area contributed by atoms with Crippen LogP contribution in [0.3, 0.4) is 0 Å². The molecule has 8 heteroatoms. The van der Waals surface area contributed by atoms with E-state index in [9.17, 15) is 18.0 Å². The van der Waals surface area contributed by atoms with Crippen molar-refractivity contribution in [2.75, 3.05) is 26.7 Å². The van der Waals surface area contributed by atoms with E-state index in [0.717, 1.165) is 16.3 Å². The molecule has 0 fully saturated rings. The van der Waals surface area contributed by atoms with E-state index in [0.29, 0.717) is 6.54 Å². The molecule has 0 saturated carbocycles. The highest BCUT2D eigenvalue weighted by Crippen LogP contribution is 2.14. The number of benzene rings is 1. The standard InChI is InChI=1S/C15H23N3O4S/c1-4-9-16-14(19)10-17-15(20)11-18(3)23(21,22)13-7-5-12(2)6-8-13/h5-8H,4,9-11H2,1-3H3,(H,16,19)(H,17,20). The molecular weight excluding hydrogens is 318 g/mol. The van der Waals surface area contributed by atoms with Crippen molar-refractivity contribution < 1.29 is 18.0 Å². The fourth-order valence-corrected chi connectivity index (χ4v) is 2.87. The summed E-state index contributed by atoms with van der Waals surface area (Å²) in [5.41, 5.74) is 0.947. The SMILES string of the molecule is CCCNC(=O)CNC(=O)CN(C)S(=O)(=O)c1ccc(C)cc1. The molecule has 2 amide bonds. The first-order valence-electron chi connectivity index (χ1n) is 7.33. The Balaban J connectivity index is 2.57. The number of nitrogens with one attached hydrogen (secondary N) is 2. The van der Waals surface area contributed by atoms with Gasteiger partial charge in [-0.15, -0.1) is 0 Å². The highest BCUT2D eigenvalue weighted by molar-refractivity contribution is 7.89. The van der Waals surface area contributed by atoms with Crippen LogP contribution in [0.1, 0.15) is 18.9 Å². The number of hydrogen-bond acceptors (Lipinski definition) is 4. The number of nitrogens with zero attached hydrogens (tertiary/aromatic N) is 1. The van der Waals surface area contributed by atoms with E-state index in [1.54, 1.807) is 12.1 Å². The van der Waals surface area contributed by atoms with Crippen LogP contribution in [0.25, 0.3) is 0 Å². The van der Waals surface area contributed by atoms with Gasteiger partial charge in [0.05, 0.1) is 18.0 Å². The number of rotatable bonds is 8.